The van der Waals surface area contributed by atoms with Gasteiger partial charge in [0.05, 0.1) is 17.5 Å². The van der Waals surface area contributed by atoms with Gasteiger partial charge in [-0.05, 0) is 36.1 Å². The smallest absolute Gasteiger partial charge is 0.124 e. The van der Waals surface area contributed by atoms with E-state index in [0.717, 1.165) is 16.0 Å². The molecule has 0 amide bonds. The predicted octanol–water partition coefficient (Wildman–Crippen LogP) is 5.70. The molecular formula is C13H11Cl3OS. The number of methoxy groups -OCH3 is 1. The van der Waals surface area contributed by atoms with Crippen LogP contribution < -0.4 is 4.74 Å². The molecule has 1 aromatic heterocycles. The SMILES string of the molecule is COc1ccc(Cl)cc1C(Cl)c1scc(C)c1Cl. The fraction of sp³-hybridized carbons (Fsp3) is 0.231. The summed E-state index contributed by atoms with van der Waals surface area (Å²) in [6.45, 7) is 1.96. The van der Waals surface area contributed by atoms with E-state index in [4.69, 9.17) is 39.5 Å². The van der Waals surface area contributed by atoms with Gasteiger partial charge in [0, 0.05) is 15.5 Å². The molecule has 0 aliphatic rings. The normalized spacial score (nSPS) is 12.5. The molecule has 0 spiro atoms. The third kappa shape index (κ3) is 2.62. The molecule has 0 aliphatic carbocycles. The Morgan fingerprint density at radius 2 is 2.00 bits per heavy atom. The molecule has 0 saturated heterocycles. The third-order valence-electron chi connectivity index (χ3n) is 2.62. The monoisotopic (exact) mass is 320 g/mol. The Labute approximate surface area is 125 Å². The van der Waals surface area contributed by atoms with E-state index >= 15 is 0 Å². The van der Waals surface area contributed by atoms with Crippen molar-refractivity contribution in [3.05, 3.63) is 49.6 Å². The molecule has 5 heteroatoms. The maximum absolute atomic E-state index is 6.49. The van der Waals surface area contributed by atoms with Crippen LogP contribution in [-0.4, -0.2) is 7.11 Å². The molecule has 1 heterocycles. The summed E-state index contributed by atoms with van der Waals surface area (Å²) in [7, 11) is 1.61. The van der Waals surface area contributed by atoms with Crippen molar-refractivity contribution in [3.8, 4) is 5.75 Å². The van der Waals surface area contributed by atoms with Crippen molar-refractivity contribution in [1.82, 2.24) is 0 Å². The summed E-state index contributed by atoms with van der Waals surface area (Å²) in [5, 5.41) is 2.97. The predicted molar refractivity (Wildman–Crippen MR) is 79.8 cm³/mol. The van der Waals surface area contributed by atoms with Crippen LogP contribution in [0.5, 0.6) is 5.75 Å². The minimum Gasteiger partial charge on any atom is -0.496 e. The number of alkyl halides is 1. The average Bonchev–Trinajstić information content (AvgIpc) is 2.69. The number of rotatable bonds is 3. The van der Waals surface area contributed by atoms with E-state index in [1.54, 1.807) is 30.6 Å². The van der Waals surface area contributed by atoms with E-state index in [-0.39, 0.29) is 5.38 Å². The first-order valence-electron chi connectivity index (χ1n) is 5.25. The maximum atomic E-state index is 6.49. The lowest BCUT2D eigenvalue weighted by atomic mass is 10.1. The van der Waals surface area contributed by atoms with Crippen LogP contribution in [0.3, 0.4) is 0 Å². The van der Waals surface area contributed by atoms with Crippen LogP contribution in [0.15, 0.2) is 23.6 Å². The van der Waals surface area contributed by atoms with Gasteiger partial charge in [-0.3, -0.25) is 0 Å². The Morgan fingerprint density at radius 3 is 2.56 bits per heavy atom. The number of hydrogen-bond acceptors (Lipinski definition) is 2. The highest BCUT2D eigenvalue weighted by Crippen LogP contribution is 2.43. The first-order valence-corrected chi connectivity index (χ1v) is 7.32. The van der Waals surface area contributed by atoms with Gasteiger partial charge in [-0.15, -0.1) is 22.9 Å². The topological polar surface area (TPSA) is 9.23 Å². The van der Waals surface area contributed by atoms with Crippen LogP contribution in [0.1, 0.15) is 21.4 Å². The Kier molecular flexibility index (Phi) is 4.44. The summed E-state index contributed by atoms with van der Waals surface area (Å²) in [6.07, 6.45) is 0. The summed E-state index contributed by atoms with van der Waals surface area (Å²) < 4.78 is 5.31. The molecule has 1 atom stereocenters. The van der Waals surface area contributed by atoms with Crippen molar-refractivity contribution in [2.45, 2.75) is 12.3 Å². The minimum atomic E-state index is -0.357. The van der Waals surface area contributed by atoms with Crippen molar-refractivity contribution in [2.75, 3.05) is 7.11 Å². The molecule has 0 radical (unpaired) electrons. The van der Waals surface area contributed by atoms with Crippen molar-refractivity contribution in [3.63, 3.8) is 0 Å². The van der Waals surface area contributed by atoms with Crippen LogP contribution in [0.25, 0.3) is 0 Å². The molecule has 0 fully saturated rings. The van der Waals surface area contributed by atoms with Gasteiger partial charge in [0.25, 0.3) is 0 Å². The van der Waals surface area contributed by atoms with Crippen molar-refractivity contribution in [1.29, 1.82) is 0 Å². The fourth-order valence-electron chi connectivity index (χ4n) is 1.67. The number of hydrogen-bond donors (Lipinski definition) is 0. The molecule has 0 bridgehead atoms. The molecule has 96 valence electrons. The summed E-state index contributed by atoms with van der Waals surface area (Å²) in [4.78, 5) is 0.913. The second-order valence-electron chi connectivity index (χ2n) is 3.85. The second-order valence-corrected chi connectivity index (χ2v) is 6.01. The highest BCUT2D eigenvalue weighted by Gasteiger charge is 2.21. The molecule has 1 nitrogen and oxygen atoms in total. The zero-order chi connectivity index (χ0) is 13.3. The van der Waals surface area contributed by atoms with Crippen LogP contribution in [0.4, 0.5) is 0 Å². The van der Waals surface area contributed by atoms with Gasteiger partial charge in [-0.25, -0.2) is 0 Å². The summed E-state index contributed by atoms with van der Waals surface area (Å²) in [5.41, 5.74) is 1.86. The lowest BCUT2D eigenvalue weighted by Gasteiger charge is -2.13. The Balaban J connectivity index is 2.48. The maximum Gasteiger partial charge on any atom is 0.124 e. The largest absolute Gasteiger partial charge is 0.496 e. The van der Waals surface area contributed by atoms with E-state index in [9.17, 15) is 0 Å². The van der Waals surface area contributed by atoms with Gasteiger partial charge in [-0.1, -0.05) is 23.2 Å². The molecule has 1 unspecified atom stereocenters. The third-order valence-corrected chi connectivity index (χ3v) is 5.22. The fourth-order valence-corrected chi connectivity index (χ4v) is 3.63. The average molecular weight is 322 g/mol. The van der Waals surface area contributed by atoms with E-state index < -0.39 is 0 Å². The van der Waals surface area contributed by atoms with Gasteiger partial charge in [0.1, 0.15) is 5.75 Å². The number of halogens is 3. The van der Waals surface area contributed by atoms with E-state index in [2.05, 4.69) is 0 Å². The number of ether oxygens (including phenoxy) is 1. The van der Waals surface area contributed by atoms with Gasteiger partial charge >= 0.3 is 0 Å². The molecule has 1 aromatic carbocycles. The Morgan fingerprint density at radius 1 is 1.28 bits per heavy atom. The standard InChI is InChI=1S/C13H11Cl3OS/c1-7-6-18-13(11(7)15)12(16)9-5-8(14)3-4-10(9)17-2/h3-6,12H,1-2H3. The van der Waals surface area contributed by atoms with Crippen molar-refractivity contribution >= 4 is 46.1 Å². The van der Waals surface area contributed by atoms with E-state index in [1.165, 1.54) is 0 Å². The molecule has 2 rings (SSSR count). The van der Waals surface area contributed by atoms with Gasteiger partial charge in [0.15, 0.2) is 0 Å². The summed E-state index contributed by atoms with van der Waals surface area (Å²) in [6, 6.07) is 5.39. The van der Waals surface area contributed by atoms with E-state index in [0.29, 0.717) is 15.8 Å². The number of thiophene rings is 1. The van der Waals surface area contributed by atoms with Crippen LogP contribution in [-0.2, 0) is 0 Å². The van der Waals surface area contributed by atoms with Gasteiger partial charge < -0.3 is 4.74 Å². The lowest BCUT2D eigenvalue weighted by Crippen LogP contribution is -1.96. The van der Waals surface area contributed by atoms with Gasteiger partial charge in [-0.2, -0.15) is 0 Å². The quantitative estimate of drug-likeness (QED) is 0.659. The molecule has 2 aromatic rings. The zero-order valence-corrected chi connectivity index (χ0v) is 12.9. The number of aryl methyl sites for hydroxylation is 1. The van der Waals surface area contributed by atoms with Crippen molar-refractivity contribution in [2.24, 2.45) is 0 Å². The second kappa shape index (κ2) is 5.70. The minimum absolute atomic E-state index is 0.357. The van der Waals surface area contributed by atoms with Crippen LogP contribution in [0, 0.1) is 6.92 Å². The highest BCUT2D eigenvalue weighted by molar-refractivity contribution is 7.11. The van der Waals surface area contributed by atoms with Gasteiger partial charge in [0.2, 0.25) is 0 Å². The number of benzene rings is 1. The molecular weight excluding hydrogens is 311 g/mol. The van der Waals surface area contributed by atoms with Crippen LogP contribution >= 0.6 is 46.1 Å². The molecule has 0 N–H and O–H groups in total. The molecule has 18 heavy (non-hydrogen) atoms. The summed E-state index contributed by atoms with van der Waals surface area (Å²) in [5.74, 6) is 0.710. The zero-order valence-electron chi connectivity index (χ0n) is 9.84. The molecule has 0 aliphatic heterocycles. The first kappa shape index (κ1) is 14.0. The summed E-state index contributed by atoms with van der Waals surface area (Å²) >= 11 is 20.3. The Hall–Kier alpha value is -0.410. The molecule has 0 saturated carbocycles. The highest BCUT2D eigenvalue weighted by atomic mass is 35.5. The van der Waals surface area contributed by atoms with Crippen molar-refractivity contribution < 1.29 is 4.74 Å². The van der Waals surface area contributed by atoms with Crippen LogP contribution in [0.2, 0.25) is 10.0 Å². The lowest BCUT2D eigenvalue weighted by molar-refractivity contribution is 0.410. The Bertz CT molecular complexity index is 565. The van der Waals surface area contributed by atoms with E-state index in [1.807, 2.05) is 18.4 Å². The first-order chi connectivity index (χ1) is 8.54.